The number of pyridine rings is 1. The molecule has 5 nitrogen and oxygen atoms in total. The van der Waals surface area contributed by atoms with Crippen molar-refractivity contribution in [1.29, 1.82) is 0 Å². The van der Waals surface area contributed by atoms with Crippen LogP contribution in [0.2, 0.25) is 0 Å². The van der Waals surface area contributed by atoms with E-state index in [1.807, 2.05) is 19.2 Å². The summed E-state index contributed by atoms with van der Waals surface area (Å²) in [6.45, 7) is 5.48. The maximum atomic E-state index is 10.3. The van der Waals surface area contributed by atoms with E-state index in [0.29, 0.717) is 6.61 Å². The van der Waals surface area contributed by atoms with Gasteiger partial charge in [0.1, 0.15) is 5.75 Å². The molecule has 2 saturated heterocycles. The average molecular weight is 306 g/mol. The van der Waals surface area contributed by atoms with E-state index in [2.05, 4.69) is 9.88 Å². The van der Waals surface area contributed by atoms with Gasteiger partial charge in [-0.25, -0.2) is 0 Å². The van der Waals surface area contributed by atoms with Crippen molar-refractivity contribution in [2.45, 2.75) is 50.4 Å². The lowest BCUT2D eigenvalue weighted by atomic mass is 9.78. The summed E-state index contributed by atoms with van der Waals surface area (Å²) in [6.07, 6.45) is 7.10. The second-order valence-corrected chi connectivity index (χ2v) is 6.96. The molecule has 0 saturated carbocycles. The Morgan fingerprint density at radius 2 is 2.09 bits per heavy atom. The summed E-state index contributed by atoms with van der Waals surface area (Å²) < 4.78 is 11.3. The molecule has 1 aromatic heterocycles. The molecule has 1 aromatic rings. The van der Waals surface area contributed by atoms with Crippen molar-refractivity contribution in [3.8, 4) is 5.75 Å². The molecule has 5 heteroatoms. The highest BCUT2D eigenvalue weighted by Gasteiger charge is 2.44. The summed E-state index contributed by atoms with van der Waals surface area (Å²) >= 11 is 0. The lowest BCUT2D eigenvalue weighted by Crippen LogP contribution is -2.53. The van der Waals surface area contributed by atoms with Gasteiger partial charge in [0.15, 0.2) is 0 Å². The van der Waals surface area contributed by atoms with Crippen LogP contribution in [0.25, 0.3) is 0 Å². The van der Waals surface area contributed by atoms with Crippen molar-refractivity contribution >= 4 is 0 Å². The Labute approximate surface area is 132 Å². The van der Waals surface area contributed by atoms with Crippen molar-refractivity contribution < 1.29 is 14.6 Å². The van der Waals surface area contributed by atoms with E-state index < -0.39 is 5.60 Å². The highest BCUT2D eigenvalue weighted by molar-refractivity contribution is 5.23. The zero-order valence-corrected chi connectivity index (χ0v) is 13.5. The standard InChI is InChI=1S/C17H26N2O3/c1-16(20)5-8-22-17(13-16)3-6-19(7-4-17)12-14-9-15(21-2)11-18-10-14/h9-11,20H,3-8,12-13H2,1-2H3. The van der Waals surface area contributed by atoms with Gasteiger partial charge in [0.2, 0.25) is 0 Å². The Balaban J connectivity index is 1.57. The van der Waals surface area contributed by atoms with Gasteiger partial charge in [0.25, 0.3) is 0 Å². The molecule has 0 aromatic carbocycles. The van der Waals surface area contributed by atoms with Crippen LogP contribution in [0.15, 0.2) is 18.5 Å². The van der Waals surface area contributed by atoms with E-state index >= 15 is 0 Å². The van der Waals surface area contributed by atoms with Gasteiger partial charge in [-0.15, -0.1) is 0 Å². The Kier molecular flexibility index (Phi) is 4.39. The second kappa shape index (κ2) is 6.14. The molecule has 2 aliphatic rings. The summed E-state index contributed by atoms with van der Waals surface area (Å²) in [7, 11) is 1.66. The van der Waals surface area contributed by atoms with Gasteiger partial charge < -0.3 is 14.6 Å². The van der Waals surface area contributed by atoms with Crippen molar-refractivity contribution in [1.82, 2.24) is 9.88 Å². The third-order valence-corrected chi connectivity index (χ3v) is 4.93. The lowest BCUT2D eigenvalue weighted by Gasteiger charge is -2.48. The quantitative estimate of drug-likeness (QED) is 0.925. The molecule has 2 fully saturated rings. The van der Waals surface area contributed by atoms with Gasteiger partial charge in [0, 0.05) is 32.3 Å². The molecule has 0 bridgehead atoms. The minimum absolute atomic E-state index is 0.120. The summed E-state index contributed by atoms with van der Waals surface area (Å²) in [5.74, 6) is 0.803. The van der Waals surface area contributed by atoms with Gasteiger partial charge in [-0.3, -0.25) is 9.88 Å². The van der Waals surface area contributed by atoms with E-state index in [1.54, 1.807) is 13.3 Å². The topological polar surface area (TPSA) is 54.8 Å². The molecule has 122 valence electrons. The maximum absolute atomic E-state index is 10.3. The molecule has 0 radical (unpaired) electrons. The SMILES string of the molecule is COc1cncc(CN2CCC3(CC2)CC(C)(O)CCO3)c1. The number of rotatable bonds is 3. The first-order chi connectivity index (χ1) is 10.5. The molecule has 2 aliphatic heterocycles. The van der Waals surface area contributed by atoms with Crippen LogP contribution in [0.3, 0.4) is 0 Å². The minimum atomic E-state index is -0.572. The molecule has 22 heavy (non-hydrogen) atoms. The summed E-state index contributed by atoms with van der Waals surface area (Å²) in [5, 5.41) is 10.3. The highest BCUT2D eigenvalue weighted by Crippen LogP contribution is 2.39. The fourth-order valence-electron chi connectivity index (χ4n) is 3.68. The van der Waals surface area contributed by atoms with Crippen LogP contribution in [0.1, 0.15) is 38.2 Å². The summed E-state index contributed by atoms with van der Waals surface area (Å²) in [5.41, 5.74) is 0.481. The maximum Gasteiger partial charge on any atom is 0.137 e. The number of aromatic nitrogens is 1. The van der Waals surface area contributed by atoms with E-state index in [1.165, 1.54) is 5.56 Å². The molecule has 0 amide bonds. The number of methoxy groups -OCH3 is 1. The number of aliphatic hydroxyl groups is 1. The zero-order chi connectivity index (χ0) is 15.6. The Morgan fingerprint density at radius 1 is 1.32 bits per heavy atom. The van der Waals surface area contributed by atoms with Crippen molar-refractivity contribution in [2.24, 2.45) is 0 Å². The number of hydrogen-bond acceptors (Lipinski definition) is 5. The molecule has 1 spiro atoms. The molecule has 3 heterocycles. The number of hydrogen-bond donors (Lipinski definition) is 1. The predicted molar refractivity (Wildman–Crippen MR) is 83.8 cm³/mol. The fourth-order valence-corrected chi connectivity index (χ4v) is 3.68. The average Bonchev–Trinajstić information content (AvgIpc) is 2.49. The number of nitrogens with zero attached hydrogens (tertiary/aromatic N) is 2. The highest BCUT2D eigenvalue weighted by atomic mass is 16.5. The second-order valence-electron chi connectivity index (χ2n) is 6.96. The Morgan fingerprint density at radius 3 is 2.77 bits per heavy atom. The van der Waals surface area contributed by atoms with Gasteiger partial charge in [0.05, 0.1) is 31.1 Å². The van der Waals surface area contributed by atoms with Crippen molar-refractivity contribution in [3.63, 3.8) is 0 Å². The van der Waals surface area contributed by atoms with Gasteiger partial charge in [-0.1, -0.05) is 0 Å². The molecule has 1 N–H and O–H groups in total. The first-order valence-corrected chi connectivity index (χ1v) is 8.07. The molecule has 1 unspecified atom stereocenters. The Hall–Kier alpha value is -1.17. The number of piperidine rings is 1. The van der Waals surface area contributed by atoms with Gasteiger partial charge >= 0.3 is 0 Å². The monoisotopic (exact) mass is 306 g/mol. The van der Waals surface area contributed by atoms with Gasteiger partial charge in [-0.2, -0.15) is 0 Å². The smallest absolute Gasteiger partial charge is 0.137 e. The molecule has 1 atom stereocenters. The number of ether oxygens (including phenoxy) is 2. The minimum Gasteiger partial charge on any atom is -0.495 e. The van der Waals surface area contributed by atoms with E-state index in [4.69, 9.17) is 9.47 Å². The lowest BCUT2D eigenvalue weighted by molar-refractivity contribution is -0.173. The first kappa shape index (κ1) is 15.7. The summed E-state index contributed by atoms with van der Waals surface area (Å²) in [6, 6.07) is 2.04. The van der Waals surface area contributed by atoms with Crippen LogP contribution >= 0.6 is 0 Å². The molecular formula is C17H26N2O3. The van der Waals surface area contributed by atoms with Crippen LogP contribution in [-0.2, 0) is 11.3 Å². The third-order valence-electron chi connectivity index (χ3n) is 4.93. The van der Waals surface area contributed by atoms with E-state index in [-0.39, 0.29) is 5.60 Å². The van der Waals surface area contributed by atoms with E-state index in [0.717, 1.165) is 51.1 Å². The normalized spacial score (nSPS) is 28.7. The van der Waals surface area contributed by atoms with Crippen LogP contribution in [0, 0.1) is 0 Å². The molecular weight excluding hydrogens is 280 g/mol. The summed E-state index contributed by atoms with van der Waals surface area (Å²) in [4.78, 5) is 6.64. The van der Waals surface area contributed by atoms with E-state index in [9.17, 15) is 5.11 Å². The van der Waals surface area contributed by atoms with Crippen LogP contribution in [-0.4, -0.2) is 53.0 Å². The van der Waals surface area contributed by atoms with Crippen molar-refractivity contribution in [3.05, 3.63) is 24.0 Å². The number of likely N-dealkylation sites (tertiary alicyclic amines) is 1. The van der Waals surface area contributed by atoms with Crippen molar-refractivity contribution in [2.75, 3.05) is 26.8 Å². The predicted octanol–water partition coefficient (Wildman–Crippen LogP) is 1.99. The fraction of sp³-hybridized carbons (Fsp3) is 0.706. The molecule has 3 rings (SSSR count). The first-order valence-electron chi connectivity index (χ1n) is 8.07. The van der Waals surface area contributed by atoms with Crippen LogP contribution in [0.5, 0.6) is 5.75 Å². The zero-order valence-electron chi connectivity index (χ0n) is 13.5. The van der Waals surface area contributed by atoms with Crippen LogP contribution < -0.4 is 4.74 Å². The molecule has 0 aliphatic carbocycles. The Bertz CT molecular complexity index is 510. The van der Waals surface area contributed by atoms with Crippen LogP contribution in [0.4, 0.5) is 0 Å². The largest absolute Gasteiger partial charge is 0.495 e. The third kappa shape index (κ3) is 3.59. The van der Waals surface area contributed by atoms with Gasteiger partial charge in [-0.05, 0) is 37.8 Å².